The molecule has 4 atom stereocenters. The fourth-order valence-corrected chi connectivity index (χ4v) is 3.35. The van der Waals surface area contributed by atoms with E-state index in [2.05, 4.69) is 52.9 Å². The molecule has 5 N–H and O–H groups in total. The number of hydrogen-bond donors (Lipinski definition) is 5. The van der Waals surface area contributed by atoms with Gasteiger partial charge in [-0.25, -0.2) is 4.79 Å². The molecule has 1 aliphatic heterocycles. The Kier molecular flexibility index (Phi) is 10.7. The Bertz CT molecular complexity index is 986. The van der Waals surface area contributed by atoms with Crippen LogP contribution in [0, 0.1) is 10.8 Å². The highest BCUT2D eigenvalue weighted by Crippen LogP contribution is 2.11. The Labute approximate surface area is 207 Å². The van der Waals surface area contributed by atoms with Crippen LogP contribution < -0.4 is 21.3 Å². The Morgan fingerprint density at radius 1 is 1.24 bits per heavy atom. The molecule has 1 heterocycles. The van der Waals surface area contributed by atoms with E-state index >= 15 is 0 Å². The maximum absolute atomic E-state index is 13.0. The standard InChI is InChI=1S/C23H29BrN6O4/c1-15-11-19(25-12-15)13-30(23(34)28-18-7-5-4-6-8-18)14-26-20(9-10-24)29-22(33)21(16(2)31)27-17(3)32/h4-8,11-12,16,19-21,26,31H,13-14H2,1-3H3,(H,27,32)(H,28,34)(H,29,33)/t16-,19?,20?,21?/m1/s1. The molecule has 0 saturated carbocycles. The van der Waals surface area contributed by atoms with Gasteiger partial charge < -0.3 is 26.0 Å². The third-order valence-corrected chi connectivity index (χ3v) is 4.97. The van der Waals surface area contributed by atoms with Crippen LogP contribution in [0.4, 0.5) is 10.5 Å². The van der Waals surface area contributed by atoms with Gasteiger partial charge in [0.15, 0.2) is 0 Å². The van der Waals surface area contributed by atoms with Crippen LogP contribution in [0.25, 0.3) is 0 Å². The van der Waals surface area contributed by atoms with Gasteiger partial charge in [-0.1, -0.05) is 24.3 Å². The summed E-state index contributed by atoms with van der Waals surface area (Å²) in [5.41, 5.74) is 1.65. The van der Waals surface area contributed by atoms with Gasteiger partial charge in [-0.05, 0) is 42.3 Å². The first-order chi connectivity index (χ1) is 16.2. The molecule has 11 heteroatoms. The molecule has 0 radical (unpaired) electrons. The van der Waals surface area contributed by atoms with Crippen LogP contribution in [-0.2, 0) is 9.59 Å². The SMILES string of the molecule is CC(=O)NC(C(=O)NC(C#CBr)NCN(CC1C=C(C)C=N1)C(=O)Nc1ccccc1)[C@@H](C)O. The van der Waals surface area contributed by atoms with Crippen molar-refractivity contribution in [2.75, 3.05) is 18.5 Å². The van der Waals surface area contributed by atoms with E-state index in [1.165, 1.54) is 18.7 Å². The average Bonchev–Trinajstić information content (AvgIpc) is 3.19. The van der Waals surface area contributed by atoms with Crippen molar-refractivity contribution in [3.63, 3.8) is 0 Å². The minimum absolute atomic E-state index is 0.0314. The molecule has 10 nitrogen and oxygen atoms in total. The highest BCUT2D eigenvalue weighted by Gasteiger charge is 2.27. The second kappa shape index (κ2) is 13.5. The first kappa shape index (κ1) is 27.0. The zero-order valence-electron chi connectivity index (χ0n) is 19.2. The van der Waals surface area contributed by atoms with Gasteiger partial charge in [0.1, 0.15) is 12.2 Å². The van der Waals surface area contributed by atoms with Gasteiger partial charge in [-0.2, -0.15) is 0 Å². The number of rotatable bonds is 10. The second-order valence-electron chi connectivity index (χ2n) is 7.74. The summed E-state index contributed by atoms with van der Waals surface area (Å²) < 4.78 is 0. The lowest BCUT2D eigenvalue weighted by Gasteiger charge is -2.28. The molecule has 1 aliphatic rings. The largest absolute Gasteiger partial charge is 0.391 e. The van der Waals surface area contributed by atoms with Crippen molar-refractivity contribution in [3.05, 3.63) is 42.0 Å². The van der Waals surface area contributed by atoms with Gasteiger partial charge in [0.05, 0.1) is 18.8 Å². The number of aliphatic hydroxyl groups excluding tert-OH is 1. The van der Waals surface area contributed by atoms with Crippen LogP contribution in [-0.4, -0.2) is 71.6 Å². The molecule has 0 bridgehead atoms. The lowest BCUT2D eigenvalue weighted by Crippen LogP contribution is -2.58. The summed E-state index contributed by atoms with van der Waals surface area (Å²) in [7, 11) is 0. The number of benzene rings is 1. The fraction of sp³-hybridized carbons (Fsp3) is 0.391. The third-order valence-electron chi connectivity index (χ3n) is 4.74. The molecule has 1 aromatic carbocycles. The van der Waals surface area contributed by atoms with E-state index in [4.69, 9.17) is 0 Å². The van der Waals surface area contributed by atoms with Crippen LogP contribution >= 0.6 is 15.9 Å². The van der Waals surface area contributed by atoms with Crippen LogP contribution in [0.5, 0.6) is 0 Å². The molecule has 3 unspecified atom stereocenters. The number of allylic oxidation sites excluding steroid dienone is 1. The number of urea groups is 1. The van der Waals surface area contributed by atoms with Gasteiger partial charge >= 0.3 is 6.03 Å². The first-order valence-electron chi connectivity index (χ1n) is 10.6. The van der Waals surface area contributed by atoms with Crippen molar-refractivity contribution in [3.8, 4) is 10.8 Å². The minimum atomic E-state index is -1.16. The van der Waals surface area contributed by atoms with E-state index in [1.54, 1.807) is 18.3 Å². The number of hydrogen-bond acceptors (Lipinski definition) is 6. The molecule has 34 heavy (non-hydrogen) atoms. The number of amides is 4. The number of aliphatic imine (C=N–C) groups is 1. The van der Waals surface area contributed by atoms with Crippen molar-refractivity contribution in [1.29, 1.82) is 0 Å². The maximum Gasteiger partial charge on any atom is 0.322 e. The molecule has 0 saturated heterocycles. The van der Waals surface area contributed by atoms with Crippen molar-refractivity contribution in [2.24, 2.45) is 4.99 Å². The van der Waals surface area contributed by atoms with Crippen molar-refractivity contribution < 1.29 is 19.5 Å². The number of nitrogens with zero attached hydrogens (tertiary/aromatic N) is 2. The minimum Gasteiger partial charge on any atom is -0.391 e. The van der Waals surface area contributed by atoms with Crippen LogP contribution in [0.15, 0.2) is 47.0 Å². The molecular formula is C23H29BrN6O4. The van der Waals surface area contributed by atoms with E-state index < -0.39 is 30.1 Å². The summed E-state index contributed by atoms with van der Waals surface area (Å²) in [4.78, 5) is 45.4. The van der Waals surface area contributed by atoms with Crippen molar-refractivity contribution in [2.45, 2.75) is 45.1 Å². The molecular weight excluding hydrogens is 504 g/mol. The number of carbonyl (C=O) groups excluding carboxylic acids is 3. The predicted octanol–water partition coefficient (Wildman–Crippen LogP) is 1.15. The number of carbonyl (C=O) groups is 3. The van der Waals surface area contributed by atoms with E-state index in [9.17, 15) is 19.5 Å². The monoisotopic (exact) mass is 532 g/mol. The van der Waals surface area contributed by atoms with E-state index in [0.29, 0.717) is 12.2 Å². The van der Waals surface area contributed by atoms with Crippen LogP contribution in [0.3, 0.4) is 0 Å². The Morgan fingerprint density at radius 2 is 1.94 bits per heavy atom. The summed E-state index contributed by atoms with van der Waals surface area (Å²) in [6, 6.07) is 7.33. The quantitative estimate of drug-likeness (QED) is 0.227. The highest BCUT2D eigenvalue weighted by atomic mass is 79.9. The lowest BCUT2D eigenvalue weighted by molar-refractivity contribution is -0.131. The Morgan fingerprint density at radius 3 is 2.50 bits per heavy atom. The number of nitrogens with one attached hydrogen (secondary N) is 4. The second-order valence-corrected chi connectivity index (χ2v) is 8.13. The Balaban J connectivity index is 2.09. The van der Waals surface area contributed by atoms with Gasteiger partial charge in [0.2, 0.25) is 11.8 Å². The summed E-state index contributed by atoms with van der Waals surface area (Å²) >= 11 is 3.01. The fourth-order valence-electron chi connectivity index (χ4n) is 3.12. The molecule has 1 aromatic rings. The van der Waals surface area contributed by atoms with Crippen molar-refractivity contribution >= 4 is 45.7 Å². The van der Waals surface area contributed by atoms with Crippen molar-refractivity contribution in [1.82, 2.24) is 20.9 Å². The zero-order valence-corrected chi connectivity index (χ0v) is 20.8. The van der Waals surface area contributed by atoms with Gasteiger partial charge in [-0.15, -0.1) is 0 Å². The maximum atomic E-state index is 13.0. The highest BCUT2D eigenvalue weighted by molar-refractivity contribution is 9.12. The summed E-state index contributed by atoms with van der Waals surface area (Å²) in [6.07, 6.45) is 1.72. The number of anilines is 1. The third kappa shape index (κ3) is 8.97. The molecule has 0 fully saturated rings. The summed E-state index contributed by atoms with van der Waals surface area (Å²) in [5, 5.41) is 20.7. The molecule has 4 amide bonds. The topological polar surface area (TPSA) is 135 Å². The normalized spacial score (nSPS) is 16.9. The van der Waals surface area contributed by atoms with Gasteiger partial charge in [-0.3, -0.25) is 19.9 Å². The molecule has 0 spiro atoms. The summed E-state index contributed by atoms with van der Waals surface area (Å²) in [5.74, 6) is 1.65. The number of para-hydroxylation sites is 1. The first-order valence-corrected chi connectivity index (χ1v) is 11.4. The smallest absolute Gasteiger partial charge is 0.322 e. The van der Waals surface area contributed by atoms with E-state index in [1.807, 2.05) is 31.2 Å². The van der Waals surface area contributed by atoms with Crippen LogP contribution in [0.2, 0.25) is 0 Å². The zero-order chi connectivity index (χ0) is 25.1. The molecule has 2 rings (SSSR count). The lowest BCUT2D eigenvalue weighted by atomic mass is 10.1. The van der Waals surface area contributed by atoms with Gasteiger partial charge in [0, 0.05) is 41.3 Å². The van der Waals surface area contributed by atoms with E-state index in [0.717, 1.165) is 5.57 Å². The van der Waals surface area contributed by atoms with Crippen LogP contribution in [0.1, 0.15) is 20.8 Å². The summed E-state index contributed by atoms with van der Waals surface area (Å²) in [6.45, 7) is 4.91. The predicted molar refractivity (Wildman–Crippen MR) is 134 cm³/mol. The molecule has 182 valence electrons. The van der Waals surface area contributed by atoms with Gasteiger partial charge in [0.25, 0.3) is 0 Å². The molecule has 0 aliphatic carbocycles. The molecule has 0 aromatic heterocycles. The number of aliphatic hydroxyl groups is 1. The Hall–Kier alpha value is -3.20. The average molecular weight is 533 g/mol. The number of halogens is 1. The van der Waals surface area contributed by atoms with E-state index in [-0.39, 0.29) is 18.7 Å².